The van der Waals surface area contributed by atoms with Crippen molar-refractivity contribution in [3.05, 3.63) is 27.8 Å². The van der Waals surface area contributed by atoms with Crippen LogP contribution in [0.15, 0.2) is 24.3 Å². The van der Waals surface area contributed by atoms with Crippen LogP contribution in [0.5, 0.6) is 5.75 Å². The van der Waals surface area contributed by atoms with Crippen LogP contribution in [-0.4, -0.2) is 29.1 Å². The van der Waals surface area contributed by atoms with E-state index in [0.717, 1.165) is 9.99 Å². The molecule has 0 saturated heterocycles. The Morgan fingerprint density at radius 3 is 2.42 bits per heavy atom. The lowest BCUT2D eigenvalue weighted by molar-refractivity contribution is -0.152. The molecule has 0 spiro atoms. The van der Waals surface area contributed by atoms with Gasteiger partial charge in [0.15, 0.2) is 6.61 Å². The van der Waals surface area contributed by atoms with Gasteiger partial charge in [0.05, 0.1) is 0 Å². The van der Waals surface area contributed by atoms with Gasteiger partial charge in [-0.05, 0) is 66.1 Å². The number of carbonyl (C=O) groups excluding carboxylic acids is 1. The third-order valence-corrected chi connectivity index (χ3v) is 3.90. The molecule has 19 heavy (non-hydrogen) atoms. The molecule has 6 heteroatoms. The molecule has 0 radical (unpaired) electrons. The van der Waals surface area contributed by atoms with E-state index in [1.54, 1.807) is 12.1 Å². The van der Waals surface area contributed by atoms with E-state index in [2.05, 4.69) is 27.9 Å². The van der Waals surface area contributed by atoms with Crippen molar-refractivity contribution in [3.63, 3.8) is 0 Å². The molecule has 0 aromatic heterocycles. The van der Waals surface area contributed by atoms with Crippen LogP contribution in [0.4, 0.5) is 0 Å². The molecule has 2 rings (SSSR count). The van der Waals surface area contributed by atoms with Crippen LogP contribution in [0.3, 0.4) is 0 Å². The summed E-state index contributed by atoms with van der Waals surface area (Å²) in [5, 5.41) is 11.6. The first-order valence-corrected chi connectivity index (χ1v) is 7.02. The largest absolute Gasteiger partial charge is 0.484 e. The van der Waals surface area contributed by atoms with E-state index >= 15 is 0 Å². The molecule has 1 amide bonds. The van der Waals surface area contributed by atoms with Crippen LogP contribution >= 0.6 is 22.6 Å². The van der Waals surface area contributed by atoms with Crippen molar-refractivity contribution in [3.8, 4) is 5.75 Å². The molecule has 2 N–H and O–H groups in total. The van der Waals surface area contributed by atoms with Crippen molar-refractivity contribution in [1.82, 2.24) is 5.32 Å². The molecule has 1 aliphatic rings. The number of hydrogen-bond acceptors (Lipinski definition) is 3. The Hall–Kier alpha value is -1.31. The fraction of sp³-hybridized carbons (Fsp3) is 0.385. The van der Waals surface area contributed by atoms with Gasteiger partial charge in [-0.2, -0.15) is 0 Å². The number of nitrogens with one attached hydrogen (secondary N) is 1. The monoisotopic (exact) mass is 375 g/mol. The Morgan fingerprint density at radius 1 is 1.32 bits per heavy atom. The smallest absolute Gasteiger partial charge is 0.329 e. The molecule has 5 nitrogen and oxygen atoms in total. The quantitative estimate of drug-likeness (QED) is 0.770. The maximum absolute atomic E-state index is 11.7. The van der Waals surface area contributed by atoms with Crippen LogP contribution in [0, 0.1) is 3.57 Å². The lowest BCUT2D eigenvalue weighted by Crippen LogP contribution is -2.59. The fourth-order valence-electron chi connectivity index (χ4n) is 1.91. The molecular weight excluding hydrogens is 361 g/mol. The molecule has 0 bridgehead atoms. The number of rotatable bonds is 5. The SMILES string of the molecule is O=C(COc1ccc(I)cc1)NC1(C(=O)O)CCC1. The van der Waals surface area contributed by atoms with E-state index in [1.807, 2.05) is 12.1 Å². The number of carbonyl (C=O) groups is 2. The first kappa shape index (κ1) is 14.1. The fourth-order valence-corrected chi connectivity index (χ4v) is 2.26. The molecule has 102 valence electrons. The molecule has 1 fully saturated rings. The summed E-state index contributed by atoms with van der Waals surface area (Å²) in [6.45, 7) is -0.171. The number of hydrogen-bond donors (Lipinski definition) is 2. The number of benzene rings is 1. The molecular formula is C13H14INO4. The van der Waals surface area contributed by atoms with Gasteiger partial charge in [0.1, 0.15) is 11.3 Å². The molecule has 0 heterocycles. The van der Waals surface area contributed by atoms with Crippen LogP contribution in [0.1, 0.15) is 19.3 Å². The summed E-state index contributed by atoms with van der Waals surface area (Å²) in [7, 11) is 0. The number of ether oxygens (including phenoxy) is 1. The van der Waals surface area contributed by atoms with Crippen molar-refractivity contribution in [2.45, 2.75) is 24.8 Å². The summed E-state index contributed by atoms with van der Waals surface area (Å²) in [5.74, 6) is -0.782. The summed E-state index contributed by atoms with van der Waals surface area (Å²) in [4.78, 5) is 22.8. The Bertz CT molecular complexity index is 482. The zero-order valence-corrected chi connectivity index (χ0v) is 12.3. The summed E-state index contributed by atoms with van der Waals surface area (Å²) in [6, 6.07) is 7.29. The molecule has 0 unspecified atom stereocenters. The summed E-state index contributed by atoms with van der Waals surface area (Å²) >= 11 is 2.18. The van der Waals surface area contributed by atoms with Gasteiger partial charge in [-0.15, -0.1) is 0 Å². The number of halogens is 1. The normalized spacial score (nSPS) is 16.3. The van der Waals surface area contributed by atoms with E-state index in [9.17, 15) is 9.59 Å². The average molecular weight is 375 g/mol. The second-order valence-electron chi connectivity index (χ2n) is 4.53. The van der Waals surface area contributed by atoms with Crippen molar-refractivity contribution in [2.24, 2.45) is 0 Å². The van der Waals surface area contributed by atoms with Gasteiger partial charge in [0, 0.05) is 3.57 Å². The predicted octanol–water partition coefficient (Wildman–Crippen LogP) is 1.79. The lowest BCUT2D eigenvalue weighted by atomic mass is 9.77. The Labute approximate surface area is 124 Å². The van der Waals surface area contributed by atoms with Crippen LogP contribution in [0.2, 0.25) is 0 Å². The second-order valence-corrected chi connectivity index (χ2v) is 5.78. The topological polar surface area (TPSA) is 75.6 Å². The van der Waals surface area contributed by atoms with Gasteiger partial charge in [0.2, 0.25) is 0 Å². The van der Waals surface area contributed by atoms with Crippen molar-refractivity contribution in [2.75, 3.05) is 6.61 Å². The van der Waals surface area contributed by atoms with Crippen LogP contribution < -0.4 is 10.1 Å². The van der Waals surface area contributed by atoms with Crippen LogP contribution in [0.25, 0.3) is 0 Å². The molecule has 1 aromatic carbocycles. The summed E-state index contributed by atoms with van der Waals surface area (Å²) < 4.78 is 6.39. The van der Waals surface area contributed by atoms with Gasteiger partial charge in [-0.25, -0.2) is 4.79 Å². The standard InChI is InChI=1S/C13H14INO4/c14-9-2-4-10(5-3-9)19-8-11(16)15-13(12(17)18)6-1-7-13/h2-5H,1,6-8H2,(H,15,16)(H,17,18). The number of amides is 1. The summed E-state index contributed by atoms with van der Waals surface area (Å²) in [6.07, 6.45) is 1.79. The zero-order chi connectivity index (χ0) is 13.9. The van der Waals surface area contributed by atoms with E-state index in [1.165, 1.54) is 0 Å². The first-order chi connectivity index (χ1) is 9.02. The second kappa shape index (κ2) is 5.77. The van der Waals surface area contributed by atoms with Gasteiger partial charge in [-0.3, -0.25) is 4.79 Å². The van der Waals surface area contributed by atoms with E-state index < -0.39 is 17.4 Å². The number of carboxylic acids is 1. The van der Waals surface area contributed by atoms with E-state index in [0.29, 0.717) is 18.6 Å². The maximum Gasteiger partial charge on any atom is 0.329 e. The Balaban J connectivity index is 1.85. The molecule has 0 atom stereocenters. The summed E-state index contributed by atoms with van der Waals surface area (Å²) in [5.41, 5.74) is -1.08. The predicted molar refractivity (Wildman–Crippen MR) is 77.0 cm³/mol. The number of carboxylic acid groups (broad SMARTS) is 1. The van der Waals surface area contributed by atoms with Crippen molar-refractivity contribution < 1.29 is 19.4 Å². The van der Waals surface area contributed by atoms with Gasteiger partial charge < -0.3 is 15.2 Å². The molecule has 1 saturated carbocycles. The van der Waals surface area contributed by atoms with E-state index in [4.69, 9.17) is 9.84 Å². The van der Waals surface area contributed by atoms with Crippen LogP contribution in [-0.2, 0) is 9.59 Å². The lowest BCUT2D eigenvalue weighted by Gasteiger charge is -2.38. The average Bonchev–Trinajstić information content (AvgIpc) is 2.32. The minimum Gasteiger partial charge on any atom is -0.484 e. The highest BCUT2D eigenvalue weighted by atomic mass is 127. The highest BCUT2D eigenvalue weighted by Crippen LogP contribution is 2.31. The molecule has 1 aliphatic carbocycles. The van der Waals surface area contributed by atoms with E-state index in [-0.39, 0.29) is 6.61 Å². The maximum atomic E-state index is 11.7. The zero-order valence-electron chi connectivity index (χ0n) is 10.2. The minimum atomic E-state index is -1.08. The van der Waals surface area contributed by atoms with Gasteiger partial charge in [-0.1, -0.05) is 0 Å². The Morgan fingerprint density at radius 2 is 1.95 bits per heavy atom. The van der Waals surface area contributed by atoms with Gasteiger partial charge >= 0.3 is 5.97 Å². The molecule has 1 aromatic rings. The minimum absolute atomic E-state index is 0.171. The van der Waals surface area contributed by atoms with Crippen molar-refractivity contribution in [1.29, 1.82) is 0 Å². The van der Waals surface area contributed by atoms with Crippen molar-refractivity contribution >= 4 is 34.5 Å². The highest BCUT2D eigenvalue weighted by Gasteiger charge is 2.45. The highest BCUT2D eigenvalue weighted by molar-refractivity contribution is 14.1. The van der Waals surface area contributed by atoms with Gasteiger partial charge in [0.25, 0.3) is 5.91 Å². The third kappa shape index (κ3) is 3.37. The molecule has 0 aliphatic heterocycles. The first-order valence-electron chi connectivity index (χ1n) is 5.95. The third-order valence-electron chi connectivity index (χ3n) is 3.18. The number of aliphatic carboxylic acids is 1. The Kier molecular flexibility index (Phi) is 4.28.